The third kappa shape index (κ3) is 3.90. The van der Waals surface area contributed by atoms with E-state index >= 15 is 0 Å². The number of Topliss-reactive ketones (excluding diaryl/α,β-unsaturated/α-hetero) is 1. The Morgan fingerprint density at radius 2 is 1.97 bits per heavy atom. The average Bonchev–Trinajstić information content (AvgIpc) is 3.57. The first-order valence-corrected chi connectivity index (χ1v) is 13.0. The predicted octanol–water partition coefficient (Wildman–Crippen LogP) is 7.25. The molecule has 6 rings (SSSR count). The number of methoxy groups -OCH3 is 1. The topological polar surface area (TPSA) is 92.9 Å². The Morgan fingerprint density at radius 3 is 2.76 bits per heavy atom. The summed E-state index contributed by atoms with van der Waals surface area (Å²) in [5.74, 6) is -1.55. The lowest BCUT2D eigenvalue weighted by atomic mass is 9.95. The number of ketones is 1. The molecular formula is C27H16BrClN2O5S. The van der Waals surface area contributed by atoms with Crippen LogP contribution < -0.4 is 9.64 Å². The molecule has 0 radical (unpaired) electrons. The molecule has 1 aliphatic rings. The summed E-state index contributed by atoms with van der Waals surface area (Å²) in [5.41, 5.74) is 1.56. The van der Waals surface area contributed by atoms with E-state index in [9.17, 15) is 14.7 Å². The number of hydrogen-bond acceptors (Lipinski definition) is 7. The van der Waals surface area contributed by atoms with Crippen molar-refractivity contribution in [3.05, 3.63) is 98.9 Å². The highest BCUT2D eigenvalue weighted by atomic mass is 79.9. The number of halogens is 2. The van der Waals surface area contributed by atoms with Crippen LogP contribution in [-0.4, -0.2) is 28.9 Å². The van der Waals surface area contributed by atoms with Crippen LogP contribution in [0.3, 0.4) is 0 Å². The molecule has 37 heavy (non-hydrogen) atoms. The Morgan fingerprint density at radius 1 is 1.16 bits per heavy atom. The molecule has 3 heterocycles. The molecule has 3 aromatic carbocycles. The van der Waals surface area contributed by atoms with E-state index < -0.39 is 23.5 Å². The Kier molecular flexibility index (Phi) is 5.78. The molecule has 10 heteroatoms. The minimum Gasteiger partial charge on any atom is -0.503 e. The minimum absolute atomic E-state index is 0.0215. The van der Waals surface area contributed by atoms with E-state index in [1.807, 2.05) is 6.07 Å². The molecular weight excluding hydrogens is 580 g/mol. The first-order chi connectivity index (χ1) is 17.9. The third-order valence-electron chi connectivity index (χ3n) is 6.11. The monoisotopic (exact) mass is 594 g/mol. The first kappa shape index (κ1) is 23.7. The molecule has 0 fully saturated rings. The molecule has 0 spiro atoms. The van der Waals surface area contributed by atoms with Crippen LogP contribution in [0.1, 0.15) is 22.2 Å². The van der Waals surface area contributed by atoms with E-state index in [-0.39, 0.29) is 11.3 Å². The van der Waals surface area contributed by atoms with Crippen LogP contribution in [0.15, 0.2) is 87.0 Å². The Labute approximate surface area is 227 Å². The largest absolute Gasteiger partial charge is 0.503 e. The normalized spacial score (nSPS) is 15.8. The van der Waals surface area contributed by atoms with Crippen LogP contribution in [-0.2, 0) is 4.79 Å². The van der Waals surface area contributed by atoms with Gasteiger partial charge in [-0.2, -0.15) is 0 Å². The standard InChI is InChI=1S/C27H16BrClN2O5S/c1-35-18-7-3-5-14-11-19(36-25(14)18)23(32)21-22(13-4-2-6-15(28)10-13)31(26(34)24(21)33)27-30-17-9-8-16(29)12-20(17)37-27/h2-12,22,33H,1H3. The van der Waals surface area contributed by atoms with Gasteiger partial charge in [-0.3, -0.25) is 14.5 Å². The number of carbonyl (C=O) groups excluding carboxylic acids is 2. The van der Waals surface area contributed by atoms with E-state index in [2.05, 4.69) is 20.9 Å². The van der Waals surface area contributed by atoms with E-state index in [1.54, 1.807) is 60.7 Å². The number of furan rings is 1. The predicted molar refractivity (Wildman–Crippen MR) is 146 cm³/mol. The van der Waals surface area contributed by atoms with Crippen LogP contribution in [0.5, 0.6) is 5.75 Å². The molecule has 1 N–H and O–H groups in total. The number of carbonyl (C=O) groups is 2. The van der Waals surface area contributed by atoms with Crippen molar-refractivity contribution in [3.8, 4) is 5.75 Å². The fraction of sp³-hybridized carbons (Fsp3) is 0.0741. The lowest BCUT2D eigenvalue weighted by Crippen LogP contribution is -2.30. The van der Waals surface area contributed by atoms with Gasteiger partial charge in [-0.15, -0.1) is 0 Å². The summed E-state index contributed by atoms with van der Waals surface area (Å²) in [4.78, 5) is 33.3. The summed E-state index contributed by atoms with van der Waals surface area (Å²) >= 11 is 10.9. The third-order valence-corrected chi connectivity index (χ3v) is 7.86. The van der Waals surface area contributed by atoms with Gasteiger partial charge in [-0.1, -0.05) is 63.1 Å². The lowest BCUT2D eigenvalue weighted by Gasteiger charge is -2.24. The summed E-state index contributed by atoms with van der Waals surface area (Å²) in [5, 5.41) is 12.6. The number of ether oxygens (including phenoxy) is 1. The van der Waals surface area contributed by atoms with Crippen LogP contribution in [0.2, 0.25) is 5.02 Å². The zero-order valence-corrected chi connectivity index (χ0v) is 22.2. The smallest absolute Gasteiger partial charge is 0.296 e. The first-order valence-electron chi connectivity index (χ1n) is 11.0. The van der Waals surface area contributed by atoms with Crippen molar-refractivity contribution >= 4 is 76.9 Å². The van der Waals surface area contributed by atoms with Crippen molar-refractivity contribution in [2.24, 2.45) is 0 Å². The van der Waals surface area contributed by atoms with E-state index in [0.29, 0.717) is 38.0 Å². The second-order valence-electron chi connectivity index (χ2n) is 8.32. The van der Waals surface area contributed by atoms with Crippen molar-refractivity contribution in [1.82, 2.24) is 4.98 Å². The molecule has 0 bridgehead atoms. The van der Waals surface area contributed by atoms with Crippen LogP contribution in [0, 0.1) is 0 Å². The number of para-hydroxylation sites is 1. The van der Waals surface area contributed by atoms with Gasteiger partial charge in [0.25, 0.3) is 5.91 Å². The zero-order chi connectivity index (χ0) is 25.8. The lowest BCUT2D eigenvalue weighted by molar-refractivity contribution is -0.117. The Bertz CT molecular complexity index is 1780. The van der Waals surface area contributed by atoms with Crippen molar-refractivity contribution in [2.45, 2.75) is 6.04 Å². The van der Waals surface area contributed by atoms with Gasteiger partial charge in [0.05, 0.1) is 28.9 Å². The second-order valence-corrected chi connectivity index (χ2v) is 10.7. The molecule has 0 aliphatic carbocycles. The summed E-state index contributed by atoms with van der Waals surface area (Å²) in [6.07, 6.45) is 0. The van der Waals surface area contributed by atoms with Crippen molar-refractivity contribution in [3.63, 3.8) is 0 Å². The summed E-state index contributed by atoms with van der Waals surface area (Å²) < 4.78 is 12.7. The number of benzene rings is 3. The fourth-order valence-corrected chi connectivity index (χ4v) is 6.14. The number of thiazole rings is 1. The number of aliphatic hydroxyl groups is 1. The molecule has 2 aromatic heterocycles. The molecule has 0 saturated heterocycles. The quantitative estimate of drug-likeness (QED) is 0.215. The maximum absolute atomic E-state index is 13.9. The Balaban J connectivity index is 1.52. The van der Waals surface area contributed by atoms with Gasteiger partial charge in [0, 0.05) is 14.9 Å². The average molecular weight is 596 g/mol. The minimum atomic E-state index is -0.941. The number of hydrogen-bond donors (Lipinski definition) is 1. The molecule has 5 aromatic rings. The van der Waals surface area contributed by atoms with Crippen LogP contribution in [0.4, 0.5) is 5.13 Å². The second kappa shape index (κ2) is 9.02. The number of nitrogens with zero attached hydrogens (tertiary/aromatic N) is 2. The molecule has 0 saturated carbocycles. The molecule has 1 unspecified atom stereocenters. The van der Waals surface area contributed by atoms with Gasteiger partial charge >= 0.3 is 0 Å². The maximum atomic E-state index is 13.9. The Hall–Kier alpha value is -3.66. The molecule has 7 nitrogen and oxygen atoms in total. The van der Waals surface area contributed by atoms with Crippen molar-refractivity contribution < 1.29 is 23.8 Å². The number of amides is 1. The summed E-state index contributed by atoms with van der Waals surface area (Å²) in [6, 6.07) is 18.4. The number of rotatable bonds is 5. The van der Waals surface area contributed by atoms with Gasteiger partial charge in [0.15, 0.2) is 28.0 Å². The fourth-order valence-electron chi connectivity index (χ4n) is 4.46. The number of aromatic nitrogens is 1. The highest BCUT2D eigenvalue weighted by Crippen LogP contribution is 2.45. The molecule has 1 aliphatic heterocycles. The maximum Gasteiger partial charge on any atom is 0.296 e. The number of fused-ring (bicyclic) bond motifs is 2. The highest BCUT2D eigenvalue weighted by Gasteiger charge is 2.46. The molecule has 1 amide bonds. The van der Waals surface area contributed by atoms with Crippen molar-refractivity contribution in [2.75, 3.05) is 12.0 Å². The van der Waals surface area contributed by atoms with E-state index in [0.717, 1.165) is 9.17 Å². The van der Waals surface area contributed by atoms with Crippen LogP contribution >= 0.6 is 38.9 Å². The van der Waals surface area contributed by atoms with E-state index in [1.165, 1.54) is 23.3 Å². The van der Waals surface area contributed by atoms with Crippen LogP contribution in [0.25, 0.3) is 21.2 Å². The number of anilines is 1. The number of aliphatic hydroxyl groups excluding tert-OH is 1. The molecule has 184 valence electrons. The van der Waals surface area contributed by atoms with E-state index in [4.69, 9.17) is 20.8 Å². The van der Waals surface area contributed by atoms with Gasteiger partial charge in [-0.05, 0) is 48.0 Å². The highest BCUT2D eigenvalue weighted by molar-refractivity contribution is 9.10. The summed E-state index contributed by atoms with van der Waals surface area (Å²) in [6.45, 7) is 0. The molecule has 1 atom stereocenters. The van der Waals surface area contributed by atoms with Gasteiger partial charge < -0.3 is 14.3 Å². The van der Waals surface area contributed by atoms with Crippen molar-refractivity contribution in [1.29, 1.82) is 0 Å². The van der Waals surface area contributed by atoms with Gasteiger partial charge in [0.1, 0.15) is 0 Å². The van der Waals surface area contributed by atoms with Gasteiger partial charge in [0.2, 0.25) is 5.78 Å². The zero-order valence-electron chi connectivity index (χ0n) is 19.1. The summed E-state index contributed by atoms with van der Waals surface area (Å²) in [7, 11) is 1.51. The SMILES string of the molecule is COc1cccc2cc(C(=O)C3=C(O)C(=O)N(c4nc5ccc(Cl)cc5s4)C3c3cccc(Br)c3)oc12. The van der Waals surface area contributed by atoms with Gasteiger partial charge in [-0.25, -0.2) is 4.98 Å².